The Morgan fingerprint density at radius 2 is 1.80 bits per heavy atom. The SMILES string of the molecule is CCN1C(=O)COc2ccc(-c3nc(NC(=O)CCN4C(=O)c5ccccc5C4=O)sc3C)cc21. The number of imide groups is 1. The van der Waals surface area contributed by atoms with Gasteiger partial charge in [-0.3, -0.25) is 24.1 Å². The number of nitrogens with zero attached hydrogens (tertiary/aromatic N) is 3. The Morgan fingerprint density at radius 1 is 1.09 bits per heavy atom. The normalized spacial score (nSPS) is 14.6. The van der Waals surface area contributed by atoms with Crippen LogP contribution in [-0.4, -0.2) is 53.2 Å². The maximum absolute atomic E-state index is 12.6. The second-order valence-corrected chi connectivity index (χ2v) is 9.34. The smallest absolute Gasteiger partial charge is 0.265 e. The minimum absolute atomic E-state index is 0.0128. The number of likely N-dealkylation sites (N-methyl/N-ethyl adjacent to an activating group) is 1. The first-order valence-corrected chi connectivity index (χ1v) is 12.0. The van der Waals surface area contributed by atoms with Crippen LogP contribution < -0.4 is 15.0 Å². The average molecular weight is 491 g/mol. The summed E-state index contributed by atoms with van der Waals surface area (Å²) in [5.74, 6) is -0.574. The van der Waals surface area contributed by atoms with Crippen molar-refractivity contribution in [2.45, 2.75) is 20.3 Å². The van der Waals surface area contributed by atoms with E-state index in [4.69, 9.17) is 4.74 Å². The van der Waals surface area contributed by atoms with E-state index in [1.165, 1.54) is 11.3 Å². The molecule has 2 aromatic carbocycles. The van der Waals surface area contributed by atoms with E-state index in [-0.39, 0.29) is 43.2 Å². The van der Waals surface area contributed by atoms with E-state index in [0.29, 0.717) is 39.9 Å². The van der Waals surface area contributed by atoms with Crippen LogP contribution in [0.25, 0.3) is 11.3 Å². The number of aryl methyl sites for hydroxylation is 1. The minimum Gasteiger partial charge on any atom is -0.482 e. The quantitative estimate of drug-likeness (QED) is 0.530. The number of nitrogens with one attached hydrogen (secondary N) is 1. The van der Waals surface area contributed by atoms with E-state index in [0.717, 1.165) is 15.3 Å². The molecule has 0 saturated heterocycles. The van der Waals surface area contributed by atoms with Crippen LogP contribution in [0.1, 0.15) is 38.9 Å². The van der Waals surface area contributed by atoms with Gasteiger partial charge in [0.1, 0.15) is 5.75 Å². The van der Waals surface area contributed by atoms with Crippen LogP contribution in [0.4, 0.5) is 10.8 Å². The highest BCUT2D eigenvalue weighted by Gasteiger charge is 2.35. The molecule has 0 spiro atoms. The van der Waals surface area contributed by atoms with Crippen molar-refractivity contribution >= 4 is 45.8 Å². The molecule has 0 aliphatic carbocycles. The summed E-state index contributed by atoms with van der Waals surface area (Å²) >= 11 is 1.33. The lowest BCUT2D eigenvalue weighted by molar-refractivity contribution is -0.121. The van der Waals surface area contributed by atoms with Crippen molar-refractivity contribution in [3.63, 3.8) is 0 Å². The Hall–Kier alpha value is -4.05. The van der Waals surface area contributed by atoms with Gasteiger partial charge in [-0.25, -0.2) is 4.98 Å². The molecule has 5 rings (SSSR count). The molecule has 0 atom stereocenters. The number of hydrogen-bond acceptors (Lipinski definition) is 7. The van der Waals surface area contributed by atoms with Crippen molar-refractivity contribution in [2.24, 2.45) is 0 Å². The van der Waals surface area contributed by atoms with Gasteiger partial charge in [0.15, 0.2) is 11.7 Å². The van der Waals surface area contributed by atoms with Crippen molar-refractivity contribution in [3.05, 3.63) is 58.5 Å². The zero-order valence-corrected chi connectivity index (χ0v) is 20.0. The maximum Gasteiger partial charge on any atom is 0.265 e. The summed E-state index contributed by atoms with van der Waals surface area (Å²) in [5, 5.41) is 3.19. The first kappa shape index (κ1) is 22.7. The molecule has 0 fully saturated rings. The van der Waals surface area contributed by atoms with Crippen molar-refractivity contribution < 1.29 is 23.9 Å². The number of anilines is 2. The molecule has 35 heavy (non-hydrogen) atoms. The first-order valence-electron chi connectivity index (χ1n) is 11.2. The van der Waals surface area contributed by atoms with E-state index in [2.05, 4.69) is 10.3 Å². The second kappa shape index (κ2) is 8.95. The molecule has 2 aliphatic rings. The fraction of sp³-hybridized carbons (Fsp3) is 0.240. The van der Waals surface area contributed by atoms with Crippen LogP contribution in [-0.2, 0) is 9.59 Å². The van der Waals surface area contributed by atoms with E-state index < -0.39 is 0 Å². The van der Waals surface area contributed by atoms with Crippen molar-refractivity contribution in [1.29, 1.82) is 0 Å². The number of carbonyl (C=O) groups excluding carboxylic acids is 4. The molecule has 1 N–H and O–H groups in total. The van der Waals surface area contributed by atoms with Crippen LogP contribution >= 0.6 is 11.3 Å². The Morgan fingerprint density at radius 3 is 2.49 bits per heavy atom. The molecule has 2 aliphatic heterocycles. The lowest BCUT2D eigenvalue weighted by Gasteiger charge is -2.28. The van der Waals surface area contributed by atoms with Gasteiger partial charge in [-0.1, -0.05) is 12.1 Å². The van der Waals surface area contributed by atoms with Crippen LogP contribution in [0.2, 0.25) is 0 Å². The molecular weight excluding hydrogens is 468 g/mol. The van der Waals surface area contributed by atoms with Gasteiger partial charge in [0.25, 0.3) is 17.7 Å². The number of benzene rings is 2. The van der Waals surface area contributed by atoms with Gasteiger partial charge in [-0.2, -0.15) is 0 Å². The number of carbonyl (C=O) groups is 4. The predicted octanol–water partition coefficient (Wildman–Crippen LogP) is 3.49. The lowest BCUT2D eigenvalue weighted by atomic mass is 10.1. The van der Waals surface area contributed by atoms with Crippen molar-refractivity contribution in [3.8, 4) is 17.0 Å². The highest BCUT2D eigenvalue weighted by molar-refractivity contribution is 7.16. The monoisotopic (exact) mass is 490 g/mol. The predicted molar refractivity (Wildman–Crippen MR) is 131 cm³/mol. The number of amides is 4. The summed E-state index contributed by atoms with van der Waals surface area (Å²) in [7, 11) is 0. The Bertz CT molecular complexity index is 1350. The number of ether oxygens (including phenoxy) is 1. The maximum atomic E-state index is 12.6. The van der Waals surface area contributed by atoms with Crippen LogP contribution in [0.5, 0.6) is 5.75 Å². The number of fused-ring (bicyclic) bond motifs is 2. The molecule has 0 bridgehead atoms. The zero-order chi connectivity index (χ0) is 24.7. The van der Waals surface area contributed by atoms with Crippen molar-refractivity contribution in [2.75, 3.05) is 29.9 Å². The molecule has 0 unspecified atom stereocenters. The van der Waals surface area contributed by atoms with E-state index >= 15 is 0 Å². The molecule has 10 heteroatoms. The van der Waals surface area contributed by atoms with Crippen LogP contribution in [0, 0.1) is 6.92 Å². The van der Waals surface area contributed by atoms with Gasteiger partial charge in [-0.15, -0.1) is 11.3 Å². The highest BCUT2D eigenvalue weighted by Crippen LogP contribution is 2.38. The molecule has 3 heterocycles. The molecule has 178 valence electrons. The Balaban J connectivity index is 1.27. The summed E-state index contributed by atoms with van der Waals surface area (Å²) in [5.41, 5.74) is 2.91. The third kappa shape index (κ3) is 4.06. The number of aromatic nitrogens is 1. The van der Waals surface area contributed by atoms with Gasteiger partial charge >= 0.3 is 0 Å². The summed E-state index contributed by atoms with van der Waals surface area (Å²) in [4.78, 5) is 58.0. The number of rotatable bonds is 6. The van der Waals surface area contributed by atoms with Gasteiger partial charge in [0.2, 0.25) is 5.91 Å². The van der Waals surface area contributed by atoms with Crippen LogP contribution in [0.3, 0.4) is 0 Å². The minimum atomic E-state index is -0.387. The third-order valence-corrected chi connectivity index (χ3v) is 6.86. The first-order chi connectivity index (χ1) is 16.9. The fourth-order valence-corrected chi connectivity index (χ4v) is 5.10. The standard InChI is InChI=1S/C25H22N4O5S/c1-3-28-18-12-15(8-9-19(18)34-13-21(28)31)22-14(2)35-25(27-22)26-20(30)10-11-29-23(32)16-6-4-5-7-17(16)24(29)33/h4-9,12H,3,10-11,13H2,1-2H3,(H,26,27,30). The number of hydrogen-bond donors (Lipinski definition) is 1. The summed E-state index contributed by atoms with van der Waals surface area (Å²) < 4.78 is 5.53. The average Bonchev–Trinajstić information content (AvgIpc) is 3.33. The molecule has 1 aromatic heterocycles. The molecule has 0 radical (unpaired) electrons. The highest BCUT2D eigenvalue weighted by atomic mass is 32.1. The molecule has 4 amide bonds. The van der Waals surface area contributed by atoms with Gasteiger partial charge < -0.3 is 15.0 Å². The second-order valence-electron chi connectivity index (χ2n) is 8.14. The summed E-state index contributed by atoms with van der Waals surface area (Å²) in [6.07, 6.45) is -0.0385. The summed E-state index contributed by atoms with van der Waals surface area (Å²) in [6, 6.07) is 12.2. The molecule has 0 saturated carbocycles. The Labute approximate surface area is 205 Å². The third-order valence-electron chi connectivity index (χ3n) is 5.98. The van der Waals surface area contributed by atoms with Crippen LogP contribution in [0.15, 0.2) is 42.5 Å². The number of thiazole rings is 1. The molecular formula is C25H22N4O5S. The van der Waals surface area contributed by atoms with Gasteiger partial charge in [0, 0.05) is 30.0 Å². The van der Waals surface area contributed by atoms with E-state index in [1.807, 2.05) is 32.0 Å². The topological polar surface area (TPSA) is 109 Å². The van der Waals surface area contributed by atoms with Crippen molar-refractivity contribution in [1.82, 2.24) is 9.88 Å². The zero-order valence-electron chi connectivity index (χ0n) is 19.2. The van der Waals surface area contributed by atoms with Gasteiger partial charge in [-0.05, 0) is 44.2 Å². The summed E-state index contributed by atoms with van der Waals surface area (Å²) in [6.45, 7) is 4.35. The lowest BCUT2D eigenvalue weighted by Crippen LogP contribution is -2.38. The molecule has 9 nitrogen and oxygen atoms in total. The van der Waals surface area contributed by atoms with Gasteiger partial charge in [0.05, 0.1) is 22.5 Å². The fourth-order valence-electron chi connectivity index (χ4n) is 4.25. The molecule has 3 aromatic rings. The largest absolute Gasteiger partial charge is 0.482 e. The van der Waals surface area contributed by atoms with E-state index in [9.17, 15) is 19.2 Å². The van der Waals surface area contributed by atoms with E-state index in [1.54, 1.807) is 29.2 Å². The Kier molecular flexibility index (Phi) is 5.81.